The summed E-state index contributed by atoms with van der Waals surface area (Å²) in [7, 11) is 0. The summed E-state index contributed by atoms with van der Waals surface area (Å²) in [5, 5.41) is 0. The highest BCUT2D eigenvalue weighted by Gasteiger charge is 2.37. The van der Waals surface area contributed by atoms with Crippen LogP contribution in [0.1, 0.15) is 39.2 Å². The van der Waals surface area contributed by atoms with Gasteiger partial charge in [0.05, 0.1) is 0 Å². The third-order valence-corrected chi connectivity index (χ3v) is 4.45. The van der Waals surface area contributed by atoms with Crippen LogP contribution in [0.3, 0.4) is 0 Å². The number of nitrogens with two attached hydrogens (primary N) is 1. The van der Waals surface area contributed by atoms with E-state index in [9.17, 15) is 0 Å². The Hall–Kier alpha value is -0.860. The van der Waals surface area contributed by atoms with Crippen molar-refractivity contribution >= 4 is 0 Å². The van der Waals surface area contributed by atoms with Crippen molar-refractivity contribution in [3.8, 4) is 0 Å². The normalized spacial score (nSPS) is 20.9. The van der Waals surface area contributed by atoms with Gasteiger partial charge >= 0.3 is 0 Å². The number of hydrogen-bond acceptors (Lipinski definition) is 2. The number of hydrogen-bond donors (Lipinski definition) is 1. The monoisotopic (exact) mass is 246 g/mol. The Morgan fingerprint density at radius 2 is 1.67 bits per heavy atom. The number of nitrogens with zero attached hydrogens (tertiary/aromatic N) is 1. The SMILES string of the molecule is CC(C)(C)N1CCC(CN)(c2ccccc2)CC1. The molecule has 0 aromatic heterocycles. The third kappa shape index (κ3) is 2.60. The summed E-state index contributed by atoms with van der Waals surface area (Å²) in [5.74, 6) is 0. The quantitative estimate of drug-likeness (QED) is 0.869. The van der Waals surface area contributed by atoms with E-state index in [4.69, 9.17) is 5.73 Å². The second-order valence-electron chi connectivity index (χ2n) is 6.51. The maximum atomic E-state index is 6.11. The van der Waals surface area contributed by atoms with Crippen LogP contribution < -0.4 is 5.73 Å². The van der Waals surface area contributed by atoms with Gasteiger partial charge in [0.1, 0.15) is 0 Å². The van der Waals surface area contributed by atoms with E-state index in [0.717, 1.165) is 19.6 Å². The average molecular weight is 246 g/mol. The molecule has 2 nitrogen and oxygen atoms in total. The van der Waals surface area contributed by atoms with Crippen molar-refractivity contribution in [2.24, 2.45) is 5.73 Å². The molecule has 1 aliphatic heterocycles. The fourth-order valence-corrected chi connectivity index (χ4v) is 3.01. The van der Waals surface area contributed by atoms with Gasteiger partial charge in [-0.2, -0.15) is 0 Å². The van der Waals surface area contributed by atoms with Crippen LogP contribution in [0.25, 0.3) is 0 Å². The van der Waals surface area contributed by atoms with Gasteiger partial charge in [-0.1, -0.05) is 30.3 Å². The van der Waals surface area contributed by atoms with Crippen molar-refractivity contribution in [3.63, 3.8) is 0 Å². The first kappa shape index (κ1) is 13.6. The molecule has 0 spiro atoms. The molecular weight excluding hydrogens is 220 g/mol. The van der Waals surface area contributed by atoms with Crippen molar-refractivity contribution in [1.29, 1.82) is 0 Å². The highest BCUT2D eigenvalue weighted by molar-refractivity contribution is 5.27. The minimum atomic E-state index is 0.197. The van der Waals surface area contributed by atoms with Crippen LogP contribution in [-0.2, 0) is 5.41 Å². The Bertz CT molecular complexity index is 370. The fourth-order valence-electron chi connectivity index (χ4n) is 3.01. The van der Waals surface area contributed by atoms with Gasteiger partial charge in [0.2, 0.25) is 0 Å². The third-order valence-electron chi connectivity index (χ3n) is 4.45. The lowest BCUT2D eigenvalue weighted by molar-refractivity contribution is 0.0764. The van der Waals surface area contributed by atoms with Crippen LogP contribution in [0.15, 0.2) is 30.3 Å². The van der Waals surface area contributed by atoms with Gasteiger partial charge in [0, 0.05) is 17.5 Å². The average Bonchev–Trinajstić information content (AvgIpc) is 2.39. The van der Waals surface area contributed by atoms with Crippen LogP contribution in [0.5, 0.6) is 0 Å². The summed E-state index contributed by atoms with van der Waals surface area (Å²) in [6.07, 6.45) is 2.34. The zero-order valence-corrected chi connectivity index (χ0v) is 11.9. The van der Waals surface area contributed by atoms with Gasteiger partial charge in [0.25, 0.3) is 0 Å². The van der Waals surface area contributed by atoms with E-state index in [1.165, 1.54) is 18.4 Å². The summed E-state index contributed by atoms with van der Waals surface area (Å²) >= 11 is 0. The second-order valence-corrected chi connectivity index (χ2v) is 6.51. The molecule has 0 aliphatic carbocycles. The second kappa shape index (κ2) is 5.02. The van der Waals surface area contributed by atoms with E-state index in [-0.39, 0.29) is 11.0 Å². The lowest BCUT2D eigenvalue weighted by atomic mass is 9.72. The van der Waals surface area contributed by atoms with Gasteiger partial charge in [-0.05, 0) is 52.3 Å². The zero-order valence-electron chi connectivity index (χ0n) is 11.9. The van der Waals surface area contributed by atoms with Gasteiger partial charge in [0.15, 0.2) is 0 Å². The molecular formula is C16H26N2. The van der Waals surface area contributed by atoms with Crippen LogP contribution >= 0.6 is 0 Å². The lowest BCUT2D eigenvalue weighted by Gasteiger charge is -2.46. The Balaban J connectivity index is 2.14. The molecule has 2 N–H and O–H groups in total. The summed E-state index contributed by atoms with van der Waals surface area (Å²) in [6, 6.07) is 10.8. The van der Waals surface area contributed by atoms with Crippen molar-refractivity contribution in [3.05, 3.63) is 35.9 Å². The van der Waals surface area contributed by atoms with Crippen molar-refractivity contribution in [2.75, 3.05) is 19.6 Å². The number of piperidine rings is 1. The molecule has 100 valence electrons. The maximum Gasteiger partial charge on any atom is 0.0125 e. The summed E-state index contributed by atoms with van der Waals surface area (Å²) in [5.41, 5.74) is 8.00. The first-order chi connectivity index (χ1) is 8.48. The minimum Gasteiger partial charge on any atom is -0.330 e. The Morgan fingerprint density at radius 3 is 2.11 bits per heavy atom. The van der Waals surface area contributed by atoms with Crippen LogP contribution in [-0.4, -0.2) is 30.1 Å². The first-order valence-electron chi connectivity index (χ1n) is 6.99. The molecule has 1 aromatic carbocycles. The molecule has 1 heterocycles. The van der Waals surface area contributed by atoms with Crippen molar-refractivity contribution in [1.82, 2.24) is 4.90 Å². The molecule has 1 saturated heterocycles. The summed E-state index contributed by atoms with van der Waals surface area (Å²) in [4.78, 5) is 2.57. The molecule has 2 rings (SSSR count). The molecule has 18 heavy (non-hydrogen) atoms. The predicted molar refractivity (Wildman–Crippen MR) is 77.7 cm³/mol. The van der Waals surface area contributed by atoms with E-state index in [1.54, 1.807) is 0 Å². The van der Waals surface area contributed by atoms with E-state index in [2.05, 4.69) is 56.0 Å². The number of rotatable bonds is 2. The molecule has 0 atom stereocenters. The van der Waals surface area contributed by atoms with Crippen LogP contribution in [0, 0.1) is 0 Å². The molecule has 0 radical (unpaired) electrons. The molecule has 0 saturated carbocycles. The largest absolute Gasteiger partial charge is 0.330 e. The molecule has 0 bridgehead atoms. The molecule has 0 amide bonds. The number of benzene rings is 1. The number of likely N-dealkylation sites (tertiary alicyclic amines) is 1. The zero-order chi connectivity index (χ0) is 13.2. The topological polar surface area (TPSA) is 29.3 Å². The summed E-state index contributed by atoms with van der Waals surface area (Å²) in [6.45, 7) is 9.95. The Kier molecular flexibility index (Phi) is 3.79. The first-order valence-corrected chi connectivity index (χ1v) is 6.99. The van der Waals surface area contributed by atoms with E-state index in [0.29, 0.717) is 0 Å². The molecule has 1 aromatic rings. The standard InChI is InChI=1S/C16H26N2/c1-15(2,3)18-11-9-16(13-17,10-12-18)14-7-5-4-6-8-14/h4-8H,9-13,17H2,1-3H3. The van der Waals surface area contributed by atoms with Gasteiger partial charge < -0.3 is 5.73 Å². The molecule has 1 aliphatic rings. The lowest BCUT2D eigenvalue weighted by Crippen LogP contribution is -2.52. The van der Waals surface area contributed by atoms with Gasteiger partial charge in [-0.15, -0.1) is 0 Å². The van der Waals surface area contributed by atoms with Crippen LogP contribution in [0.2, 0.25) is 0 Å². The van der Waals surface area contributed by atoms with E-state index < -0.39 is 0 Å². The molecule has 0 unspecified atom stereocenters. The summed E-state index contributed by atoms with van der Waals surface area (Å²) < 4.78 is 0. The minimum absolute atomic E-state index is 0.197. The maximum absolute atomic E-state index is 6.11. The van der Waals surface area contributed by atoms with Gasteiger partial charge in [-0.25, -0.2) is 0 Å². The van der Waals surface area contributed by atoms with Crippen molar-refractivity contribution in [2.45, 2.75) is 44.6 Å². The molecule has 2 heteroatoms. The Morgan fingerprint density at radius 1 is 1.11 bits per heavy atom. The molecule has 1 fully saturated rings. The van der Waals surface area contributed by atoms with Gasteiger partial charge in [-0.3, -0.25) is 4.90 Å². The van der Waals surface area contributed by atoms with Crippen molar-refractivity contribution < 1.29 is 0 Å². The van der Waals surface area contributed by atoms with Crippen LogP contribution in [0.4, 0.5) is 0 Å². The van der Waals surface area contributed by atoms with E-state index >= 15 is 0 Å². The van der Waals surface area contributed by atoms with E-state index in [1.807, 2.05) is 0 Å². The fraction of sp³-hybridized carbons (Fsp3) is 0.625. The smallest absolute Gasteiger partial charge is 0.0125 e. The highest BCUT2D eigenvalue weighted by atomic mass is 15.2. The highest BCUT2D eigenvalue weighted by Crippen LogP contribution is 2.36. The Labute approximate surface area is 111 Å². The predicted octanol–water partition coefficient (Wildman–Crippen LogP) is 2.78.